The summed E-state index contributed by atoms with van der Waals surface area (Å²) in [4.78, 5) is 21.2. The van der Waals surface area contributed by atoms with Crippen molar-refractivity contribution >= 4 is 11.9 Å². The van der Waals surface area contributed by atoms with Gasteiger partial charge in [-0.25, -0.2) is 9.59 Å². The summed E-state index contributed by atoms with van der Waals surface area (Å²) in [6.07, 6.45) is 8.93. The van der Waals surface area contributed by atoms with Crippen molar-refractivity contribution in [2.24, 2.45) is 0 Å². The Morgan fingerprint density at radius 2 is 1.30 bits per heavy atom. The Kier molecular flexibility index (Phi) is 11.6. The van der Waals surface area contributed by atoms with Crippen LogP contribution in [-0.4, -0.2) is 33.9 Å². The molecule has 0 radical (unpaired) electrons. The Morgan fingerprint density at radius 1 is 0.870 bits per heavy atom. The second-order valence-electron chi connectivity index (χ2n) is 5.43. The summed E-state index contributed by atoms with van der Waals surface area (Å²) >= 11 is 0. The summed E-state index contributed by atoms with van der Waals surface area (Å²) in [5.74, 6) is -2.22. The lowest BCUT2D eigenvalue weighted by molar-refractivity contribution is 0.0696. The van der Waals surface area contributed by atoms with Crippen molar-refractivity contribution in [3.63, 3.8) is 0 Å². The minimum Gasteiger partial charge on any atom is -0.478 e. The number of carbonyl (C=O) groups is 2. The molecule has 1 rings (SSSR count). The van der Waals surface area contributed by atoms with Crippen LogP contribution in [0.4, 0.5) is 0 Å². The number of aliphatic hydroxyl groups is 1. The Balaban J connectivity index is 0.000000438. The van der Waals surface area contributed by atoms with Gasteiger partial charge in [0.1, 0.15) is 0 Å². The molecule has 130 valence electrons. The van der Waals surface area contributed by atoms with Crippen molar-refractivity contribution in [3.05, 3.63) is 34.9 Å². The lowest BCUT2D eigenvalue weighted by Gasteiger charge is -2.03. The molecule has 0 fully saturated rings. The first kappa shape index (κ1) is 21.1. The van der Waals surface area contributed by atoms with Crippen molar-refractivity contribution in [2.75, 3.05) is 6.61 Å². The van der Waals surface area contributed by atoms with Crippen LogP contribution in [0, 0.1) is 6.92 Å². The number of hydrogen-bond donors (Lipinski definition) is 3. The fourth-order valence-corrected chi connectivity index (χ4v) is 2.17. The van der Waals surface area contributed by atoms with E-state index in [2.05, 4.69) is 6.92 Å². The van der Waals surface area contributed by atoms with Gasteiger partial charge in [-0.1, -0.05) is 51.5 Å². The molecule has 5 heteroatoms. The largest absolute Gasteiger partial charge is 0.478 e. The van der Waals surface area contributed by atoms with Crippen LogP contribution in [0.3, 0.4) is 0 Å². The number of hydrogen-bond acceptors (Lipinski definition) is 3. The molecule has 0 aliphatic carbocycles. The minimum absolute atomic E-state index is 0.0277. The molecule has 0 amide bonds. The van der Waals surface area contributed by atoms with Gasteiger partial charge in [-0.05, 0) is 31.0 Å². The fraction of sp³-hybridized carbons (Fsp3) is 0.556. The number of unbranched alkanes of at least 4 members (excludes halogenated alkanes) is 6. The van der Waals surface area contributed by atoms with Gasteiger partial charge < -0.3 is 15.3 Å². The molecule has 5 nitrogen and oxygen atoms in total. The molecule has 0 aliphatic rings. The first-order valence-electron chi connectivity index (χ1n) is 8.12. The van der Waals surface area contributed by atoms with Crippen LogP contribution in [0.25, 0.3) is 0 Å². The predicted octanol–water partition coefficient (Wildman–Crippen LogP) is 4.12. The Hall–Kier alpha value is -1.88. The highest BCUT2D eigenvalue weighted by Crippen LogP contribution is 2.13. The standard InChI is InChI=1S/C9H8O4.C9H20O/c1-5-6(8(10)11)3-2-4-7(5)9(12)13;1-2-3-4-5-6-7-8-9-10/h2-4H,1H3,(H,10,11)(H,12,13);10H,2-9H2,1H3. The van der Waals surface area contributed by atoms with E-state index in [9.17, 15) is 9.59 Å². The Morgan fingerprint density at radius 3 is 1.70 bits per heavy atom. The average molecular weight is 324 g/mol. The number of aromatic carboxylic acids is 2. The van der Waals surface area contributed by atoms with Crippen molar-refractivity contribution in [1.82, 2.24) is 0 Å². The highest BCUT2D eigenvalue weighted by molar-refractivity contribution is 5.96. The number of benzene rings is 1. The van der Waals surface area contributed by atoms with E-state index in [1.165, 1.54) is 63.6 Å². The van der Waals surface area contributed by atoms with Gasteiger partial charge in [0.2, 0.25) is 0 Å². The van der Waals surface area contributed by atoms with Crippen molar-refractivity contribution in [2.45, 2.75) is 58.8 Å². The molecule has 0 atom stereocenters. The summed E-state index contributed by atoms with van der Waals surface area (Å²) < 4.78 is 0. The van der Waals surface area contributed by atoms with E-state index in [1.807, 2.05) is 0 Å². The molecular weight excluding hydrogens is 296 g/mol. The van der Waals surface area contributed by atoms with Gasteiger partial charge in [0.15, 0.2) is 0 Å². The number of carboxylic acid groups (broad SMARTS) is 2. The maximum absolute atomic E-state index is 10.6. The molecule has 0 bridgehead atoms. The van der Waals surface area contributed by atoms with E-state index in [0.717, 1.165) is 6.42 Å². The summed E-state index contributed by atoms with van der Waals surface area (Å²) in [7, 11) is 0. The normalized spacial score (nSPS) is 9.87. The van der Waals surface area contributed by atoms with Gasteiger partial charge in [0.05, 0.1) is 11.1 Å². The van der Waals surface area contributed by atoms with E-state index in [0.29, 0.717) is 6.61 Å². The zero-order valence-corrected chi connectivity index (χ0v) is 14.0. The first-order chi connectivity index (χ1) is 11.0. The van der Waals surface area contributed by atoms with Crippen LogP contribution < -0.4 is 0 Å². The summed E-state index contributed by atoms with van der Waals surface area (Å²) in [6, 6.07) is 4.17. The maximum atomic E-state index is 10.6. The van der Waals surface area contributed by atoms with Crippen LogP contribution in [0.2, 0.25) is 0 Å². The molecule has 0 spiro atoms. The Bertz CT molecular complexity index is 442. The summed E-state index contributed by atoms with van der Waals surface area (Å²) in [5.41, 5.74) is 0.335. The quantitative estimate of drug-likeness (QED) is 0.594. The molecule has 0 heterocycles. The fourth-order valence-electron chi connectivity index (χ4n) is 2.17. The van der Waals surface area contributed by atoms with Crippen molar-refractivity contribution in [1.29, 1.82) is 0 Å². The molecule has 0 saturated heterocycles. The van der Waals surface area contributed by atoms with Crippen molar-refractivity contribution in [3.8, 4) is 0 Å². The van der Waals surface area contributed by atoms with Gasteiger partial charge in [0, 0.05) is 6.61 Å². The number of carboxylic acids is 2. The van der Waals surface area contributed by atoms with Gasteiger partial charge in [-0.15, -0.1) is 0 Å². The van der Waals surface area contributed by atoms with Gasteiger partial charge >= 0.3 is 11.9 Å². The maximum Gasteiger partial charge on any atom is 0.335 e. The van der Waals surface area contributed by atoms with Gasteiger partial charge in [0.25, 0.3) is 0 Å². The SMILES string of the molecule is CCCCCCCCCO.Cc1c(C(=O)O)cccc1C(=O)O. The first-order valence-corrected chi connectivity index (χ1v) is 8.12. The average Bonchev–Trinajstić information content (AvgIpc) is 2.51. The van der Waals surface area contributed by atoms with Crippen LogP contribution in [-0.2, 0) is 0 Å². The third-order valence-electron chi connectivity index (χ3n) is 3.56. The smallest absolute Gasteiger partial charge is 0.335 e. The number of rotatable bonds is 9. The zero-order chi connectivity index (χ0) is 17.7. The number of aliphatic hydroxyl groups excluding tert-OH is 1. The third-order valence-corrected chi connectivity index (χ3v) is 3.56. The second-order valence-corrected chi connectivity index (χ2v) is 5.43. The highest BCUT2D eigenvalue weighted by Gasteiger charge is 2.13. The molecule has 0 aromatic heterocycles. The van der Waals surface area contributed by atoms with Gasteiger partial charge in [-0.3, -0.25) is 0 Å². The third kappa shape index (κ3) is 8.98. The van der Waals surface area contributed by atoms with E-state index >= 15 is 0 Å². The molecule has 0 unspecified atom stereocenters. The lowest BCUT2D eigenvalue weighted by atomic mass is 10.0. The topological polar surface area (TPSA) is 94.8 Å². The van der Waals surface area contributed by atoms with Crippen molar-refractivity contribution < 1.29 is 24.9 Å². The second kappa shape index (κ2) is 12.6. The molecule has 0 aliphatic heterocycles. The van der Waals surface area contributed by atoms with Crippen LogP contribution in [0.15, 0.2) is 18.2 Å². The predicted molar refractivity (Wildman–Crippen MR) is 90.2 cm³/mol. The van der Waals surface area contributed by atoms with Crippen LogP contribution in [0.1, 0.15) is 78.1 Å². The zero-order valence-electron chi connectivity index (χ0n) is 14.0. The molecular formula is C18H28O5. The molecule has 23 heavy (non-hydrogen) atoms. The molecule has 1 aromatic carbocycles. The summed E-state index contributed by atoms with van der Waals surface area (Å²) in [5, 5.41) is 25.8. The van der Waals surface area contributed by atoms with Crippen LogP contribution >= 0.6 is 0 Å². The Labute approximate surface area is 138 Å². The van der Waals surface area contributed by atoms with E-state index in [-0.39, 0.29) is 16.7 Å². The molecule has 1 aromatic rings. The summed E-state index contributed by atoms with van der Waals surface area (Å²) in [6.45, 7) is 4.08. The van der Waals surface area contributed by atoms with Crippen LogP contribution in [0.5, 0.6) is 0 Å². The van der Waals surface area contributed by atoms with E-state index in [1.54, 1.807) is 0 Å². The van der Waals surface area contributed by atoms with E-state index < -0.39 is 11.9 Å². The highest BCUT2D eigenvalue weighted by atomic mass is 16.4. The van der Waals surface area contributed by atoms with Gasteiger partial charge in [-0.2, -0.15) is 0 Å². The molecule has 3 N–H and O–H groups in total. The molecule has 0 saturated carbocycles. The lowest BCUT2D eigenvalue weighted by Crippen LogP contribution is -2.06. The monoisotopic (exact) mass is 324 g/mol. The van der Waals surface area contributed by atoms with E-state index in [4.69, 9.17) is 15.3 Å². The minimum atomic E-state index is -1.11.